The van der Waals surface area contributed by atoms with Gasteiger partial charge in [-0.15, -0.1) is 0 Å². The molecule has 1 aromatic rings. The minimum Gasteiger partial charge on any atom is -0.472 e. The van der Waals surface area contributed by atoms with Crippen molar-refractivity contribution in [2.24, 2.45) is 5.73 Å². The molecular weight excluding hydrogens is 212 g/mol. The molecule has 0 saturated heterocycles. The summed E-state index contributed by atoms with van der Waals surface area (Å²) in [5, 5.41) is 0. The smallest absolute Gasteiger partial charge is 0.0947 e. The van der Waals surface area contributed by atoms with Gasteiger partial charge in [0.05, 0.1) is 12.5 Å². The molecule has 1 heterocycles. The maximum absolute atomic E-state index is 5.95. The zero-order chi connectivity index (χ0) is 12.7. The largest absolute Gasteiger partial charge is 0.472 e. The van der Waals surface area contributed by atoms with E-state index in [-0.39, 0.29) is 5.54 Å². The Balaban J connectivity index is 2.52. The predicted octanol–water partition coefficient (Wildman–Crippen LogP) is 3.01. The van der Waals surface area contributed by atoms with Crippen LogP contribution in [0, 0.1) is 0 Å². The van der Waals surface area contributed by atoms with E-state index in [9.17, 15) is 0 Å². The number of furan rings is 1. The number of hydrogen-bond donors (Lipinski definition) is 1. The minimum atomic E-state index is 0.0897. The van der Waals surface area contributed by atoms with Crippen LogP contribution in [0.25, 0.3) is 0 Å². The Morgan fingerprint density at radius 3 is 2.71 bits per heavy atom. The summed E-state index contributed by atoms with van der Waals surface area (Å²) in [5.41, 5.74) is 7.25. The van der Waals surface area contributed by atoms with Crippen molar-refractivity contribution >= 4 is 0 Å². The summed E-state index contributed by atoms with van der Waals surface area (Å²) in [6, 6.07) is 2.01. The van der Waals surface area contributed by atoms with Gasteiger partial charge in [0.15, 0.2) is 0 Å². The molecule has 2 N–H and O–H groups in total. The van der Waals surface area contributed by atoms with E-state index in [2.05, 4.69) is 25.8 Å². The molecule has 0 aliphatic heterocycles. The van der Waals surface area contributed by atoms with Gasteiger partial charge in [-0.05, 0) is 26.5 Å². The third-order valence-electron chi connectivity index (χ3n) is 3.68. The van der Waals surface area contributed by atoms with Crippen LogP contribution in [0.4, 0.5) is 0 Å². The highest BCUT2D eigenvalue weighted by molar-refractivity contribution is 5.06. The number of unbranched alkanes of at least 4 members (excludes halogenated alkanes) is 2. The van der Waals surface area contributed by atoms with E-state index in [0.717, 1.165) is 13.0 Å². The van der Waals surface area contributed by atoms with Gasteiger partial charge in [-0.1, -0.05) is 26.2 Å². The normalized spacial score (nSPS) is 15.1. The van der Waals surface area contributed by atoms with Gasteiger partial charge in [0.25, 0.3) is 0 Å². The van der Waals surface area contributed by atoms with Gasteiger partial charge in [-0.25, -0.2) is 0 Å². The Labute approximate surface area is 105 Å². The molecule has 3 heteroatoms. The highest BCUT2D eigenvalue weighted by Gasteiger charge is 2.27. The molecule has 3 nitrogen and oxygen atoms in total. The van der Waals surface area contributed by atoms with Crippen LogP contribution in [0.5, 0.6) is 0 Å². The van der Waals surface area contributed by atoms with Crippen molar-refractivity contribution in [2.45, 2.75) is 51.6 Å². The second-order valence-corrected chi connectivity index (χ2v) is 5.15. The first-order valence-electron chi connectivity index (χ1n) is 6.55. The molecule has 1 aromatic heterocycles. The van der Waals surface area contributed by atoms with Gasteiger partial charge in [-0.3, -0.25) is 4.90 Å². The van der Waals surface area contributed by atoms with E-state index in [1.54, 1.807) is 12.5 Å². The van der Waals surface area contributed by atoms with Crippen LogP contribution < -0.4 is 5.73 Å². The maximum Gasteiger partial charge on any atom is 0.0947 e. The van der Waals surface area contributed by atoms with Crippen molar-refractivity contribution in [3.05, 3.63) is 24.2 Å². The van der Waals surface area contributed by atoms with Gasteiger partial charge in [0, 0.05) is 24.2 Å². The molecule has 0 aliphatic carbocycles. The van der Waals surface area contributed by atoms with Crippen LogP contribution in [0.15, 0.2) is 23.0 Å². The molecule has 98 valence electrons. The molecule has 0 bridgehead atoms. The van der Waals surface area contributed by atoms with Crippen LogP contribution in [0.1, 0.15) is 45.1 Å². The summed E-state index contributed by atoms with van der Waals surface area (Å²) >= 11 is 0. The second kappa shape index (κ2) is 6.82. The summed E-state index contributed by atoms with van der Waals surface area (Å²) < 4.78 is 5.10. The van der Waals surface area contributed by atoms with Gasteiger partial charge in [-0.2, -0.15) is 0 Å². The van der Waals surface area contributed by atoms with Crippen molar-refractivity contribution in [3.8, 4) is 0 Å². The molecule has 0 spiro atoms. The molecular formula is C14H26N2O. The first kappa shape index (κ1) is 14.3. The SMILES string of the molecule is CCCCCC(C)(CN)N(C)Cc1ccoc1. The number of nitrogens with two attached hydrogens (primary N) is 1. The Kier molecular flexibility index (Phi) is 5.72. The van der Waals surface area contributed by atoms with Gasteiger partial charge < -0.3 is 10.2 Å². The van der Waals surface area contributed by atoms with E-state index in [1.807, 2.05) is 6.07 Å². The predicted molar refractivity (Wildman–Crippen MR) is 71.8 cm³/mol. The number of rotatable bonds is 8. The lowest BCUT2D eigenvalue weighted by atomic mass is 9.92. The van der Waals surface area contributed by atoms with E-state index >= 15 is 0 Å². The van der Waals surface area contributed by atoms with E-state index < -0.39 is 0 Å². The molecule has 1 rings (SSSR count). The molecule has 17 heavy (non-hydrogen) atoms. The lowest BCUT2D eigenvalue weighted by Crippen LogP contribution is -2.49. The average molecular weight is 238 g/mol. The van der Waals surface area contributed by atoms with Crippen molar-refractivity contribution in [3.63, 3.8) is 0 Å². The van der Waals surface area contributed by atoms with Crippen molar-refractivity contribution in [2.75, 3.05) is 13.6 Å². The molecule has 0 saturated carbocycles. The Hall–Kier alpha value is -0.800. The lowest BCUT2D eigenvalue weighted by molar-refractivity contribution is 0.122. The van der Waals surface area contributed by atoms with Crippen molar-refractivity contribution in [1.29, 1.82) is 0 Å². The fourth-order valence-electron chi connectivity index (χ4n) is 2.05. The summed E-state index contributed by atoms with van der Waals surface area (Å²) in [7, 11) is 2.14. The number of hydrogen-bond acceptors (Lipinski definition) is 3. The van der Waals surface area contributed by atoms with Crippen molar-refractivity contribution in [1.82, 2.24) is 4.90 Å². The summed E-state index contributed by atoms with van der Waals surface area (Å²) in [6.45, 7) is 6.08. The Morgan fingerprint density at radius 1 is 1.41 bits per heavy atom. The first-order valence-corrected chi connectivity index (χ1v) is 6.55. The summed E-state index contributed by atoms with van der Waals surface area (Å²) in [4.78, 5) is 2.34. The van der Waals surface area contributed by atoms with Crippen LogP contribution in [0.3, 0.4) is 0 Å². The zero-order valence-corrected chi connectivity index (χ0v) is 11.4. The highest BCUT2D eigenvalue weighted by atomic mass is 16.3. The van der Waals surface area contributed by atoms with Gasteiger partial charge >= 0.3 is 0 Å². The second-order valence-electron chi connectivity index (χ2n) is 5.15. The highest BCUT2D eigenvalue weighted by Crippen LogP contribution is 2.22. The molecule has 0 aliphatic rings. The molecule has 1 atom stereocenters. The molecule has 0 radical (unpaired) electrons. The standard InChI is InChI=1S/C14H26N2O/c1-4-5-6-8-14(2,12-15)16(3)10-13-7-9-17-11-13/h7,9,11H,4-6,8,10,12,15H2,1-3H3. The molecule has 0 fully saturated rings. The molecule has 1 unspecified atom stereocenters. The van der Waals surface area contributed by atoms with Crippen LogP contribution >= 0.6 is 0 Å². The van der Waals surface area contributed by atoms with Crippen LogP contribution in [-0.4, -0.2) is 24.0 Å². The van der Waals surface area contributed by atoms with Gasteiger partial charge in [0.2, 0.25) is 0 Å². The quantitative estimate of drug-likeness (QED) is 0.708. The van der Waals surface area contributed by atoms with E-state index in [1.165, 1.54) is 24.8 Å². The molecule has 0 aromatic carbocycles. The topological polar surface area (TPSA) is 42.4 Å². The Morgan fingerprint density at radius 2 is 2.18 bits per heavy atom. The fraction of sp³-hybridized carbons (Fsp3) is 0.714. The number of likely N-dealkylation sites (N-methyl/N-ethyl adjacent to an activating group) is 1. The van der Waals surface area contributed by atoms with Crippen molar-refractivity contribution < 1.29 is 4.42 Å². The zero-order valence-electron chi connectivity index (χ0n) is 11.4. The molecule has 0 amide bonds. The minimum absolute atomic E-state index is 0.0897. The van der Waals surface area contributed by atoms with E-state index in [0.29, 0.717) is 6.54 Å². The number of nitrogens with zero attached hydrogens (tertiary/aromatic N) is 1. The summed E-state index contributed by atoms with van der Waals surface area (Å²) in [6.07, 6.45) is 8.48. The Bertz CT molecular complexity index is 297. The fourth-order valence-corrected chi connectivity index (χ4v) is 2.05. The third kappa shape index (κ3) is 4.17. The third-order valence-corrected chi connectivity index (χ3v) is 3.68. The van der Waals surface area contributed by atoms with E-state index in [4.69, 9.17) is 10.2 Å². The average Bonchev–Trinajstić information content (AvgIpc) is 2.82. The van der Waals surface area contributed by atoms with Crippen LogP contribution in [0.2, 0.25) is 0 Å². The summed E-state index contributed by atoms with van der Waals surface area (Å²) in [5.74, 6) is 0. The first-order chi connectivity index (χ1) is 8.12. The monoisotopic (exact) mass is 238 g/mol. The lowest BCUT2D eigenvalue weighted by Gasteiger charge is -2.38. The maximum atomic E-state index is 5.95. The van der Waals surface area contributed by atoms with Crippen LogP contribution in [-0.2, 0) is 6.54 Å². The van der Waals surface area contributed by atoms with Gasteiger partial charge in [0.1, 0.15) is 0 Å².